The Morgan fingerprint density at radius 1 is 0.792 bits per heavy atom. The number of benzene rings is 4. The van der Waals surface area contributed by atoms with Crippen LogP contribution in [0, 0.1) is 0 Å². The van der Waals surface area contributed by atoms with E-state index in [-0.39, 0.29) is 48.5 Å². The third-order valence-corrected chi connectivity index (χ3v) is 7.46. The summed E-state index contributed by atoms with van der Waals surface area (Å²) in [4.78, 5) is 63.5. The van der Waals surface area contributed by atoms with Crippen molar-refractivity contribution in [1.82, 2.24) is 5.32 Å². The second-order valence-corrected chi connectivity index (χ2v) is 11.2. The number of ether oxygens (including phenoxy) is 5. The van der Waals surface area contributed by atoms with E-state index in [9.17, 15) is 37.1 Å². The second-order valence-electron chi connectivity index (χ2n) is 11.2. The van der Waals surface area contributed by atoms with Crippen LogP contribution >= 0.6 is 0 Å². The molecule has 0 aliphatic carbocycles. The van der Waals surface area contributed by atoms with Crippen molar-refractivity contribution in [3.05, 3.63) is 136 Å². The largest absolute Gasteiger partial charge is 0.465 e. The standard InChI is InChI=1S/C38H30F3NO11/c1-48-35(45)25-12-14-26(15-13-25)51-33-32(44)28-17-16-27(20-30(28)53-34(33)38(39,40)41)52-36(46)29(42-37(47)50-22-24-10-6-3-7-11-24)18-19-31(43)49-21-23-8-4-2-5-9-23/h2-17,20,29H,18-19,21-22H2,1H3,(H,42,47)/t29-/m1/s1. The SMILES string of the molecule is COC(=O)c1ccc(Oc2c(C(F)(F)F)oc3cc(OC(=O)[C@@H](CCC(=O)OCc4ccccc4)NC(=O)OCc4ccccc4)ccc3c2=O)cc1. The molecule has 5 aromatic rings. The molecule has 0 spiro atoms. The first kappa shape index (κ1) is 37.6. The Bertz CT molecular complexity index is 2140. The first-order valence-electron chi connectivity index (χ1n) is 15.8. The van der Waals surface area contributed by atoms with E-state index in [1.807, 2.05) is 0 Å². The van der Waals surface area contributed by atoms with Gasteiger partial charge in [-0.3, -0.25) is 9.59 Å². The van der Waals surface area contributed by atoms with Crippen molar-refractivity contribution in [2.45, 2.75) is 38.3 Å². The predicted octanol–water partition coefficient (Wildman–Crippen LogP) is 7.11. The van der Waals surface area contributed by atoms with Gasteiger partial charge < -0.3 is 33.4 Å². The number of amides is 1. The number of methoxy groups -OCH3 is 1. The summed E-state index contributed by atoms with van der Waals surface area (Å²) in [5.41, 5.74) is -0.315. The van der Waals surface area contributed by atoms with Gasteiger partial charge in [0.2, 0.25) is 11.2 Å². The lowest BCUT2D eigenvalue weighted by Gasteiger charge is -2.18. The van der Waals surface area contributed by atoms with Crippen LogP contribution in [0.3, 0.4) is 0 Å². The summed E-state index contributed by atoms with van der Waals surface area (Å²) in [6, 6.07) is 23.9. The average Bonchev–Trinajstić information content (AvgIpc) is 3.16. The number of carbonyl (C=O) groups is 4. The summed E-state index contributed by atoms with van der Waals surface area (Å²) in [7, 11) is 1.15. The van der Waals surface area contributed by atoms with Crippen LogP contribution in [0.4, 0.5) is 18.0 Å². The van der Waals surface area contributed by atoms with Crippen LogP contribution in [0.25, 0.3) is 11.0 Å². The van der Waals surface area contributed by atoms with Crippen LogP contribution in [0.1, 0.15) is 40.1 Å². The second kappa shape index (κ2) is 17.0. The molecule has 1 N–H and O–H groups in total. The van der Waals surface area contributed by atoms with Crippen LogP contribution in [0.2, 0.25) is 0 Å². The van der Waals surface area contributed by atoms with Gasteiger partial charge in [0, 0.05) is 12.5 Å². The van der Waals surface area contributed by atoms with Gasteiger partial charge in [-0.1, -0.05) is 60.7 Å². The van der Waals surface area contributed by atoms with Crippen molar-refractivity contribution in [2.75, 3.05) is 7.11 Å². The van der Waals surface area contributed by atoms with Crippen molar-refractivity contribution in [2.24, 2.45) is 0 Å². The Labute approximate surface area is 299 Å². The fourth-order valence-electron chi connectivity index (χ4n) is 4.81. The lowest BCUT2D eigenvalue weighted by molar-refractivity contribution is -0.154. The molecular formula is C38H30F3NO11. The van der Waals surface area contributed by atoms with Gasteiger partial charge in [0.1, 0.15) is 36.3 Å². The molecule has 12 nitrogen and oxygen atoms in total. The molecule has 274 valence electrons. The van der Waals surface area contributed by atoms with Gasteiger partial charge in [0.15, 0.2) is 0 Å². The van der Waals surface area contributed by atoms with Gasteiger partial charge >= 0.3 is 30.2 Å². The summed E-state index contributed by atoms with van der Waals surface area (Å²) in [6.45, 7) is -0.165. The number of alkyl halides is 3. The fourth-order valence-corrected chi connectivity index (χ4v) is 4.81. The van der Waals surface area contributed by atoms with Crippen LogP contribution in [-0.2, 0) is 43.2 Å². The molecule has 0 saturated heterocycles. The van der Waals surface area contributed by atoms with Crippen molar-refractivity contribution >= 4 is 35.0 Å². The minimum Gasteiger partial charge on any atom is -0.465 e. The number of hydrogen-bond donors (Lipinski definition) is 1. The third kappa shape index (κ3) is 10.2. The highest BCUT2D eigenvalue weighted by atomic mass is 19.4. The Hall–Kier alpha value is -6.64. The number of hydrogen-bond acceptors (Lipinski definition) is 11. The summed E-state index contributed by atoms with van der Waals surface area (Å²) < 4.78 is 73.2. The van der Waals surface area contributed by atoms with Gasteiger partial charge in [0.05, 0.1) is 18.1 Å². The maximum Gasteiger partial charge on any atom is 0.453 e. The number of nitrogens with one attached hydrogen (secondary N) is 1. The molecule has 1 aromatic heterocycles. The van der Waals surface area contributed by atoms with Crippen molar-refractivity contribution < 1.29 is 60.5 Å². The Morgan fingerprint density at radius 3 is 2.00 bits per heavy atom. The number of rotatable bonds is 13. The van der Waals surface area contributed by atoms with Gasteiger partial charge in [-0.2, -0.15) is 13.2 Å². The third-order valence-electron chi connectivity index (χ3n) is 7.46. The molecule has 5 rings (SSSR count). The molecule has 0 aliphatic heterocycles. The first-order chi connectivity index (χ1) is 25.4. The first-order valence-corrected chi connectivity index (χ1v) is 15.8. The molecule has 0 aliphatic rings. The van der Waals surface area contributed by atoms with E-state index in [0.29, 0.717) is 5.56 Å². The average molecular weight is 734 g/mol. The van der Waals surface area contributed by atoms with Crippen LogP contribution in [0.15, 0.2) is 112 Å². The molecule has 1 heterocycles. The molecule has 1 amide bonds. The van der Waals surface area contributed by atoms with Crippen LogP contribution < -0.4 is 20.2 Å². The highest BCUT2D eigenvalue weighted by Gasteiger charge is 2.40. The quantitative estimate of drug-likeness (QED) is 0.0747. The number of alkyl carbamates (subject to hydrolysis) is 1. The highest BCUT2D eigenvalue weighted by Crippen LogP contribution is 2.38. The summed E-state index contributed by atoms with van der Waals surface area (Å²) in [6.07, 6.45) is -6.85. The smallest absolute Gasteiger partial charge is 0.453 e. The minimum absolute atomic E-state index is 0.0298. The van der Waals surface area contributed by atoms with E-state index >= 15 is 0 Å². The van der Waals surface area contributed by atoms with Crippen molar-refractivity contribution in [1.29, 1.82) is 0 Å². The Balaban J connectivity index is 1.34. The molecule has 0 fully saturated rings. The molecule has 0 saturated carbocycles. The fraction of sp³-hybridized carbons (Fsp3) is 0.184. The summed E-state index contributed by atoms with van der Waals surface area (Å²) >= 11 is 0. The van der Waals surface area contributed by atoms with E-state index < -0.39 is 58.7 Å². The van der Waals surface area contributed by atoms with Crippen LogP contribution in [-0.4, -0.2) is 37.2 Å². The number of carbonyl (C=O) groups excluding carboxylic acids is 4. The van der Waals surface area contributed by atoms with Crippen LogP contribution in [0.5, 0.6) is 17.2 Å². The van der Waals surface area contributed by atoms with Gasteiger partial charge in [-0.05, 0) is 53.9 Å². The molecule has 15 heteroatoms. The minimum atomic E-state index is -5.20. The summed E-state index contributed by atoms with van der Waals surface area (Å²) in [5.74, 6) is -5.97. The van der Waals surface area contributed by atoms with Crippen molar-refractivity contribution in [3.8, 4) is 17.2 Å². The lowest BCUT2D eigenvalue weighted by Crippen LogP contribution is -2.43. The maximum absolute atomic E-state index is 14.1. The van der Waals surface area contributed by atoms with E-state index in [4.69, 9.17) is 23.4 Å². The molecule has 4 aromatic carbocycles. The predicted molar refractivity (Wildman–Crippen MR) is 180 cm³/mol. The van der Waals surface area contributed by atoms with Gasteiger partial charge in [-0.25, -0.2) is 14.4 Å². The zero-order valence-electron chi connectivity index (χ0n) is 27.8. The number of fused-ring (bicyclic) bond motifs is 1. The van der Waals surface area contributed by atoms with E-state index in [1.165, 1.54) is 24.3 Å². The monoisotopic (exact) mass is 733 g/mol. The molecule has 0 unspecified atom stereocenters. The zero-order chi connectivity index (χ0) is 38.0. The van der Waals surface area contributed by atoms with E-state index in [0.717, 1.165) is 30.9 Å². The molecule has 1 atom stereocenters. The number of halogens is 3. The topological polar surface area (TPSA) is 157 Å². The maximum atomic E-state index is 14.1. The molecule has 0 radical (unpaired) electrons. The lowest BCUT2D eigenvalue weighted by atomic mass is 10.1. The van der Waals surface area contributed by atoms with Gasteiger partial charge in [0.25, 0.3) is 5.76 Å². The Kier molecular flexibility index (Phi) is 12.1. The summed E-state index contributed by atoms with van der Waals surface area (Å²) in [5, 5.41) is 2.00. The Morgan fingerprint density at radius 2 is 1.40 bits per heavy atom. The number of esters is 3. The molecular weight excluding hydrogens is 703 g/mol. The molecule has 0 bridgehead atoms. The van der Waals surface area contributed by atoms with Crippen molar-refractivity contribution in [3.63, 3.8) is 0 Å². The zero-order valence-corrected chi connectivity index (χ0v) is 27.8. The highest BCUT2D eigenvalue weighted by molar-refractivity contribution is 5.89. The normalized spacial score (nSPS) is 11.6. The van der Waals surface area contributed by atoms with E-state index in [2.05, 4.69) is 10.1 Å². The molecule has 53 heavy (non-hydrogen) atoms. The van der Waals surface area contributed by atoms with E-state index in [1.54, 1.807) is 60.7 Å². The van der Waals surface area contributed by atoms with Gasteiger partial charge in [-0.15, -0.1) is 0 Å².